The van der Waals surface area contributed by atoms with E-state index in [4.69, 9.17) is 4.74 Å². The summed E-state index contributed by atoms with van der Waals surface area (Å²) in [6, 6.07) is 1.46. The van der Waals surface area contributed by atoms with Crippen LogP contribution >= 0.6 is 11.3 Å². The summed E-state index contributed by atoms with van der Waals surface area (Å²) in [5.41, 5.74) is 1.55. The third-order valence-corrected chi connectivity index (χ3v) is 4.36. The summed E-state index contributed by atoms with van der Waals surface area (Å²) in [5.74, 6) is -0.856. The molecule has 3 rings (SSSR count). The molecule has 0 saturated heterocycles. The van der Waals surface area contributed by atoms with Gasteiger partial charge in [-0.2, -0.15) is 0 Å². The lowest BCUT2D eigenvalue weighted by atomic mass is 10.0. The number of methoxy groups -OCH3 is 1. The molecule has 0 atom stereocenters. The van der Waals surface area contributed by atoms with Gasteiger partial charge in [0.05, 0.1) is 12.7 Å². The number of amides is 1. The van der Waals surface area contributed by atoms with Crippen LogP contribution in [0.1, 0.15) is 31.3 Å². The molecule has 21 heavy (non-hydrogen) atoms. The van der Waals surface area contributed by atoms with Crippen molar-refractivity contribution >= 4 is 28.2 Å². The van der Waals surface area contributed by atoms with Crippen LogP contribution in [-0.4, -0.2) is 30.7 Å². The molecule has 1 aliphatic heterocycles. The fraction of sp³-hybridized carbons (Fsp3) is 0.308. The van der Waals surface area contributed by atoms with Crippen molar-refractivity contribution < 1.29 is 18.8 Å². The molecule has 0 fully saturated rings. The topological polar surface area (TPSA) is 93.5 Å². The summed E-state index contributed by atoms with van der Waals surface area (Å²) >= 11 is 1.38. The number of esters is 1. The van der Waals surface area contributed by atoms with Crippen LogP contribution in [-0.2, 0) is 17.7 Å². The normalized spacial score (nSPS) is 13.6. The van der Waals surface area contributed by atoms with Gasteiger partial charge in [0.2, 0.25) is 0 Å². The third kappa shape index (κ3) is 2.55. The van der Waals surface area contributed by atoms with Crippen LogP contribution in [0.2, 0.25) is 0 Å². The second kappa shape index (κ2) is 5.66. The van der Waals surface area contributed by atoms with Gasteiger partial charge in [0.1, 0.15) is 11.3 Å². The Labute approximate surface area is 124 Å². The molecular formula is C13H13N3O4S. The summed E-state index contributed by atoms with van der Waals surface area (Å²) in [4.78, 5) is 25.1. The molecule has 8 heteroatoms. The Hall–Kier alpha value is -2.19. The summed E-state index contributed by atoms with van der Waals surface area (Å²) in [6.07, 6.45) is 2.05. The van der Waals surface area contributed by atoms with E-state index in [1.165, 1.54) is 30.8 Å². The fourth-order valence-corrected chi connectivity index (χ4v) is 3.44. The Morgan fingerprint density at radius 2 is 2.38 bits per heavy atom. The van der Waals surface area contributed by atoms with Crippen molar-refractivity contribution in [2.45, 2.75) is 13.0 Å². The number of fused-ring (bicyclic) bond motifs is 1. The van der Waals surface area contributed by atoms with Gasteiger partial charge in [0.25, 0.3) is 5.91 Å². The van der Waals surface area contributed by atoms with E-state index in [0.717, 1.165) is 23.4 Å². The summed E-state index contributed by atoms with van der Waals surface area (Å²) in [5, 5.41) is 10.0. The maximum absolute atomic E-state index is 12.1. The van der Waals surface area contributed by atoms with E-state index in [2.05, 4.69) is 20.3 Å². The van der Waals surface area contributed by atoms with Crippen LogP contribution in [0.3, 0.4) is 0 Å². The minimum Gasteiger partial charge on any atom is -0.465 e. The molecule has 1 aliphatic rings. The Bertz CT molecular complexity index is 678. The first-order valence-corrected chi connectivity index (χ1v) is 7.17. The predicted molar refractivity (Wildman–Crippen MR) is 75.5 cm³/mol. The monoisotopic (exact) mass is 307 g/mol. The van der Waals surface area contributed by atoms with Crippen molar-refractivity contribution in [3.05, 3.63) is 34.0 Å². The van der Waals surface area contributed by atoms with E-state index >= 15 is 0 Å². The molecule has 7 nitrogen and oxygen atoms in total. The molecule has 1 amide bonds. The lowest BCUT2D eigenvalue weighted by Crippen LogP contribution is -2.23. The van der Waals surface area contributed by atoms with Gasteiger partial charge < -0.3 is 19.9 Å². The second-order valence-electron chi connectivity index (χ2n) is 4.47. The molecular weight excluding hydrogens is 294 g/mol. The highest BCUT2D eigenvalue weighted by atomic mass is 32.1. The minimum absolute atomic E-state index is 0.162. The molecule has 0 saturated carbocycles. The molecule has 0 spiro atoms. The Kier molecular flexibility index (Phi) is 3.72. The number of aromatic nitrogens is 1. The lowest BCUT2D eigenvalue weighted by molar-refractivity contribution is 0.0601. The number of nitrogens with zero attached hydrogens (tertiary/aromatic N) is 1. The molecule has 2 N–H and O–H groups in total. The van der Waals surface area contributed by atoms with E-state index in [1.807, 2.05) is 0 Å². The van der Waals surface area contributed by atoms with Crippen molar-refractivity contribution in [2.24, 2.45) is 0 Å². The van der Waals surface area contributed by atoms with Gasteiger partial charge in [-0.05, 0) is 18.5 Å². The van der Waals surface area contributed by atoms with Gasteiger partial charge in [-0.1, -0.05) is 5.16 Å². The highest BCUT2D eigenvalue weighted by Crippen LogP contribution is 2.36. The van der Waals surface area contributed by atoms with E-state index in [9.17, 15) is 9.59 Å². The predicted octanol–water partition coefficient (Wildman–Crippen LogP) is 1.42. The van der Waals surface area contributed by atoms with E-state index in [-0.39, 0.29) is 5.69 Å². The van der Waals surface area contributed by atoms with Crippen LogP contribution < -0.4 is 10.6 Å². The van der Waals surface area contributed by atoms with Crippen LogP contribution in [0.25, 0.3) is 0 Å². The summed E-state index contributed by atoms with van der Waals surface area (Å²) in [7, 11) is 1.33. The maximum Gasteiger partial charge on any atom is 0.341 e. The van der Waals surface area contributed by atoms with Crippen molar-refractivity contribution in [1.29, 1.82) is 0 Å². The summed E-state index contributed by atoms with van der Waals surface area (Å²) in [6.45, 7) is 1.48. The Balaban J connectivity index is 1.95. The van der Waals surface area contributed by atoms with Crippen molar-refractivity contribution in [1.82, 2.24) is 10.5 Å². The molecule has 0 aliphatic carbocycles. The van der Waals surface area contributed by atoms with E-state index in [0.29, 0.717) is 17.1 Å². The maximum atomic E-state index is 12.1. The standard InChI is InChI=1S/C13H13N3O4S/c1-19-13(18)10-7-2-4-14-6-9(7)21-12(10)15-11(17)8-3-5-20-16-8/h3,5,14H,2,4,6H2,1H3,(H,15,17). The number of carbonyl (C=O) groups is 2. The molecule has 110 valence electrons. The van der Waals surface area contributed by atoms with Gasteiger partial charge in [0.15, 0.2) is 5.69 Å². The largest absolute Gasteiger partial charge is 0.465 e. The van der Waals surface area contributed by atoms with Crippen LogP contribution in [0.5, 0.6) is 0 Å². The first-order chi connectivity index (χ1) is 10.2. The number of carbonyl (C=O) groups excluding carboxylic acids is 2. The highest BCUT2D eigenvalue weighted by Gasteiger charge is 2.27. The van der Waals surface area contributed by atoms with E-state index < -0.39 is 11.9 Å². The van der Waals surface area contributed by atoms with Gasteiger partial charge in [-0.3, -0.25) is 4.79 Å². The van der Waals surface area contributed by atoms with Gasteiger partial charge >= 0.3 is 5.97 Å². The number of nitrogens with one attached hydrogen (secondary N) is 2. The Morgan fingerprint density at radius 1 is 1.52 bits per heavy atom. The highest BCUT2D eigenvalue weighted by molar-refractivity contribution is 7.17. The van der Waals surface area contributed by atoms with Crippen molar-refractivity contribution in [2.75, 3.05) is 19.0 Å². The number of ether oxygens (including phenoxy) is 1. The number of hydrogen-bond acceptors (Lipinski definition) is 7. The zero-order chi connectivity index (χ0) is 14.8. The van der Waals surface area contributed by atoms with Gasteiger partial charge in [-0.25, -0.2) is 4.79 Å². The molecule has 3 heterocycles. The number of thiophene rings is 1. The average Bonchev–Trinajstić information content (AvgIpc) is 3.13. The number of hydrogen-bond donors (Lipinski definition) is 2. The summed E-state index contributed by atoms with van der Waals surface area (Å²) < 4.78 is 9.48. The van der Waals surface area contributed by atoms with E-state index in [1.54, 1.807) is 0 Å². The quantitative estimate of drug-likeness (QED) is 0.833. The molecule has 0 bridgehead atoms. The third-order valence-electron chi connectivity index (χ3n) is 3.22. The molecule has 0 unspecified atom stereocenters. The first-order valence-electron chi connectivity index (χ1n) is 6.36. The molecule has 0 aromatic carbocycles. The zero-order valence-electron chi connectivity index (χ0n) is 11.3. The number of anilines is 1. The minimum atomic E-state index is -0.440. The average molecular weight is 307 g/mol. The number of rotatable bonds is 3. The van der Waals surface area contributed by atoms with Crippen LogP contribution in [0, 0.1) is 0 Å². The van der Waals surface area contributed by atoms with Gasteiger partial charge in [0, 0.05) is 17.5 Å². The van der Waals surface area contributed by atoms with Crippen LogP contribution in [0.4, 0.5) is 5.00 Å². The van der Waals surface area contributed by atoms with Gasteiger partial charge in [-0.15, -0.1) is 11.3 Å². The molecule has 2 aromatic rings. The van der Waals surface area contributed by atoms with Crippen molar-refractivity contribution in [3.8, 4) is 0 Å². The smallest absolute Gasteiger partial charge is 0.341 e. The second-order valence-corrected chi connectivity index (χ2v) is 5.57. The van der Waals surface area contributed by atoms with Crippen LogP contribution in [0.15, 0.2) is 16.9 Å². The lowest BCUT2D eigenvalue weighted by Gasteiger charge is -2.13. The SMILES string of the molecule is COC(=O)c1c(NC(=O)c2ccon2)sc2c1CCNC2. The Morgan fingerprint density at radius 3 is 3.10 bits per heavy atom. The molecule has 2 aromatic heterocycles. The van der Waals surface area contributed by atoms with Crippen molar-refractivity contribution in [3.63, 3.8) is 0 Å². The fourth-order valence-electron chi connectivity index (χ4n) is 2.24. The molecule has 0 radical (unpaired) electrons. The zero-order valence-corrected chi connectivity index (χ0v) is 12.1. The first kappa shape index (κ1) is 13.8.